The fraction of sp³-hybridized carbons (Fsp3) is 0.476. The van der Waals surface area contributed by atoms with Gasteiger partial charge in [0.15, 0.2) is 0 Å². The third-order valence-electron chi connectivity index (χ3n) is 5.40. The second kappa shape index (κ2) is 8.22. The van der Waals surface area contributed by atoms with Gasteiger partial charge < -0.3 is 14.7 Å². The predicted octanol–water partition coefficient (Wildman–Crippen LogP) is 2.65. The van der Waals surface area contributed by atoms with E-state index in [1.165, 1.54) is 17.0 Å². The van der Waals surface area contributed by atoms with Gasteiger partial charge in [-0.05, 0) is 52.1 Å². The number of anilines is 1. The Morgan fingerprint density at radius 2 is 2.00 bits per heavy atom. The van der Waals surface area contributed by atoms with Crippen LogP contribution in [-0.2, 0) is 6.54 Å². The largest absolute Gasteiger partial charge is 0.355 e. The highest BCUT2D eigenvalue weighted by Gasteiger charge is 2.28. The summed E-state index contributed by atoms with van der Waals surface area (Å²) in [7, 11) is 5.86. The molecule has 1 fully saturated rings. The van der Waals surface area contributed by atoms with Crippen LogP contribution in [0.15, 0.2) is 24.3 Å². The van der Waals surface area contributed by atoms with Crippen molar-refractivity contribution in [1.82, 2.24) is 19.8 Å². The molecule has 0 radical (unpaired) electrons. The van der Waals surface area contributed by atoms with Gasteiger partial charge in [-0.3, -0.25) is 4.79 Å². The topological polar surface area (TPSA) is 52.6 Å². The van der Waals surface area contributed by atoms with Crippen molar-refractivity contribution < 1.29 is 9.18 Å². The first kappa shape index (κ1) is 20.2. The maximum atomic E-state index is 13.4. The molecule has 7 heteroatoms. The molecule has 0 aliphatic carbocycles. The van der Waals surface area contributed by atoms with Gasteiger partial charge in [0.25, 0.3) is 5.91 Å². The summed E-state index contributed by atoms with van der Waals surface area (Å²) in [5, 5.41) is 0. The Morgan fingerprint density at radius 3 is 2.64 bits per heavy atom. The number of benzene rings is 1. The second-order valence-electron chi connectivity index (χ2n) is 7.72. The van der Waals surface area contributed by atoms with E-state index in [4.69, 9.17) is 0 Å². The fourth-order valence-corrected chi connectivity index (χ4v) is 3.52. The highest BCUT2D eigenvalue weighted by Crippen LogP contribution is 2.25. The molecule has 3 rings (SSSR count). The number of halogens is 1. The van der Waals surface area contributed by atoms with Crippen molar-refractivity contribution in [3.05, 3.63) is 52.7 Å². The van der Waals surface area contributed by atoms with Gasteiger partial charge in [0.05, 0.1) is 0 Å². The maximum Gasteiger partial charge on any atom is 0.291 e. The standard InChI is InChI=1S/C21H28FN5O/c1-14-15(2)23-19(24-20(14)27-10-9-18(13-27)25(3)4)21(28)26(5)12-16-7-6-8-17(22)11-16/h6-8,11,18H,9-10,12-13H2,1-5H3/t18-/m1/s1. The number of carbonyl (C=O) groups is 1. The van der Waals surface area contributed by atoms with Crippen molar-refractivity contribution in [2.24, 2.45) is 0 Å². The summed E-state index contributed by atoms with van der Waals surface area (Å²) in [5.74, 6) is 0.439. The van der Waals surface area contributed by atoms with Gasteiger partial charge in [0.2, 0.25) is 5.82 Å². The molecule has 1 aromatic carbocycles. The van der Waals surface area contributed by atoms with Crippen LogP contribution in [0.5, 0.6) is 0 Å². The van der Waals surface area contributed by atoms with Gasteiger partial charge in [-0.2, -0.15) is 0 Å². The lowest BCUT2D eigenvalue weighted by Gasteiger charge is -2.24. The van der Waals surface area contributed by atoms with Gasteiger partial charge in [-0.15, -0.1) is 0 Å². The zero-order chi connectivity index (χ0) is 20.4. The Morgan fingerprint density at radius 1 is 1.25 bits per heavy atom. The molecule has 1 amide bonds. The molecule has 0 spiro atoms. The van der Waals surface area contributed by atoms with Crippen molar-refractivity contribution in [3.63, 3.8) is 0 Å². The van der Waals surface area contributed by atoms with Crippen LogP contribution >= 0.6 is 0 Å². The van der Waals surface area contributed by atoms with Crippen molar-refractivity contribution in [2.45, 2.75) is 32.9 Å². The number of aromatic nitrogens is 2. The minimum absolute atomic E-state index is 0.185. The molecule has 1 aliphatic heterocycles. The summed E-state index contributed by atoms with van der Waals surface area (Å²) in [6, 6.07) is 6.74. The zero-order valence-corrected chi connectivity index (χ0v) is 17.2. The highest BCUT2D eigenvalue weighted by atomic mass is 19.1. The van der Waals surface area contributed by atoms with Crippen LogP contribution in [0.25, 0.3) is 0 Å². The predicted molar refractivity (Wildman–Crippen MR) is 108 cm³/mol. The molecule has 0 saturated carbocycles. The van der Waals surface area contributed by atoms with Crippen LogP contribution in [0.4, 0.5) is 10.2 Å². The monoisotopic (exact) mass is 385 g/mol. The van der Waals surface area contributed by atoms with Crippen LogP contribution < -0.4 is 4.90 Å². The lowest BCUT2D eigenvalue weighted by atomic mass is 10.2. The molecule has 2 aromatic rings. The Hall–Kier alpha value is -2.54. The fourth-order valence-electron chi connectivity index (χ4n) is 3.52. The number of hydrogen-bond acceptors (Lipinski definition) is 5. The first-order valence-electron chi connectivity index (χ1n) is 9.52. The van der Waals surface area contributed by atoms with Crippen molar-refractivity contribution >= 4 is 11.7 Å². The number of nitrogens with zero attached hydrogens (tertiary/aromatic N) is 5. The molecule has 1 saturated heterocycles. The SMILES string of the molecule is Cc1nc(C(=O)N(C)Cc2cccc(F)c2)nc(N2CC[C@@H](N(C)C)C2)c1C. The normalized spacial score (nSPS) is 16.7. The van der Waals surface area contributed by atoms with E-state index in [0.717, 1.165) is 42.1 Å². The number of amides is 1. The summed E-state index contributed by atoms with van der Waals surface area (Å²) in [5.41, 5.74) is 2.54. The average molecular weight is 385 g/mol. The summed E-state index contributed by atoms with van der Waals surface area (Å²) in [6.45, 7) is 6.00. The number of hydrogen-bond donors (Lipinski definition) is 0. The molecular weight excluding hydrogens is 357 g/mol. The van der Waals surface area contributed by atoms with Crippen LogP contribution in [-0.4, -0.2) is 65.9 Å². The van der Waals surface area contributed by atoms with E-state index in [-0.39, 0.29) is 17.5 Å². The van der Waals surface area contributed by atoms with E-state index in [1.807, 2.05) is 13.8 Å². The Balaban J connectivity index is 1.82. The Labute approximate surface area is 166 Å². The van der Waals surface area contributed by atoms with E-state index in [2.05, 4.69) is 33.9 Å². The molecule has 1 atom stereocenters. The number of rotatable bonds is 5. The van der Waals surface area contributed by atoms with E-state index in [1.54, 1.807) is 19.2 Å². The molecule has 6 nitrogen and oxygen atoms in total. The van der Waals surface area contributed by atoms with Gasteiger partial charge >= 0.3 is 0 Å². The van der Waals surface area contributed by atoms with Gasteiger partial charge in [-0.1, -0.05) is 12.1 Å². The van der Waals surface area contributed by atoms with Gasteiger partial charge in [-0.25, -0.2) is 14.4 Å². The van der Waals surface area contributed by atoms with Crippen molar-refractivity contribution in [2.75, 3.05) is 39.1 Å². The highest BCUT2D eigenvalue weighted by molar-refractivity contribution is 5.90. The van der Waals surface area contributed by atoms with E-state index < -0.39 is 0 Å². The van der Waals surface area contributed by atoms with E-state index in [0.29, 0.717) is 12.6 Å². The molecule has 2 heterocycles. The van der Waals surface area contributed by atoms with Crippen molar-refractivity contribution in [3.8, 4) is 0 Å². The first-order valence-corrected chi connectivity index (χ1v) is 9.52. The first-order chi connectivity index (χ1) is 13.3. The molecular formula is C21H28FN5O. The molecule has 150 valence electrons. The van der Waals surface area contributed by atoms with Crippen LogP contribution in [0, 0.1) is 19.7 Å². The summed E-state index contributed by atoms with van der Waals surface area (Å²) < 4.78 is 13.4. The second-order valence-corrected chi connectivity index (χ2v) is 7.72. The minimum atomic E-state index is -0.312. The number of likely N-dealkylation sites (N-methyl/N-ethyl adjacent to an activating group) is 1. The molecule has 0 unspecified atom stereocenters. The molecule has 0 bridgehead atoms. The quantitative estimate of drug-likeness (QED) is 0.792. The third-order valence-corrected chi connectivity index (χ3v) is 5.40. The summed E-state index contributed by atoms with van der Waals surface area (Å²) >= 11 is 0. The third kappa shape index (κ3) is 4.30. The summed E-state index contributed by atoms with van der Waals surface area (Å²) in [6.07, 6.45) is 1.07. The average Bonchev–Trinajstić information content (AvgIpc) is 3.13. The van der Waals surface area contributed by atoms with Gasteiger partial charge in [0.1, 0.15) is 11.6 Å². The molecule has 0 N–H and O–H groups in total. The molecule has 1 aromatic heterocycles. The number of aryl methyl sites for hydroxylation is 1. The Kier molecular flexibility index (Phi) is 5.93. The van der Waals surface area contributed by atoms with E-state index in [9.17, 15) is 9.18 Å². The van der Waals surface area contributed by atoms with E-state index >= 15 is 0 Å². The Bertz CT molecular complexity index is 870. The lowest BCUT2D eigenvalue weighted by Crippen LogP contribution is -2.33. The minimum Gasteiger partial charge on any atom is -0.355 e. The van der Waals surface area contributed by atoms with Crippen molar-refractivity contribution in [1.29, 1.82) is 0 Å². The van der Waals surface area contributed by atoms with Crippen LogP contribution in [0.1, 0.15) is 33.9 Å². The van der Waals surface area contributed by atoms with Gasteiger partial charge in [0, 0.05) is 44.0 Å². The van der Waals surface area contributed by atoms with Crippen LogP contribution in [0.2, 0.25) is 0 Å². The van der Waals surface area contributed by atoms with Crippen LogP contribution in [0.3, 0.4) is 0 Å². The zero-order valence-electron chi connectivity index (χ0n) is 17.2. The smallest absolute Gasteiger partial charge is 0.291 e. The number of carbonyl (C=O) groups excluding carboxylic acids is 1. The lowest BCUT2D eigenvalue weighted by molar-refractivity contribution is 0.0772. The maximum absolute atomic E-state index is 13.4. The molecule has 28 heavy (non-hydrogen) atoms. The summed E-state index contributed by atoms with van der Waals surface area (Å²) in [4.78, 5) is 27.9. The molecule has 1 aliphatic rings.